The van der Waals surface area contributed by atoms with Crippen molar-refractivity contribution in [3.63, 3.8) is 0 Å². The van der Waals surface area contributed by atoms with Gasteiger partial charge in [-0.25, -0.2) is 0 Å². The highest BCUT2D eigenvalue weighted by molar-refractivity contribution is 5.02. The second kappa shape index (κ2) is 5.68. The minimum Gasteiger partial charge on any atom is -0.379 e. The van der Waals surface area contributed by atoms with Gasteiger partial charge < -0.3 is 14.8 Å². The smallest absolute Gasteiger partial charge is 0.0655 e. The van der Waals surface area contributed by atoms with Crippen molar-refractivity contribution in [2.45, 2.75) is 65.2 Å². The molecule has 3 nitrogen and oxygen atoms in total. The fourth-order valence-corrected chi connectivity index (χ4v) is 2.31. The second-order valence-electron chi connectivity index (χ2n) is 6.24. The van der Waals surface area contributed by atoms with Gasteiger partial charge in [-0.3, -0.25) is 0 Å². The maximum absolute atomic E-state index is 5.99. The molecule has 0 aliphatic heterocycles. The highest BCUT2D eigenvalue weighted by Crippen LogP contribution is 2.42. The Morgan fingerprint density at radius 2 is 2.00 bits per heavy atom. The molecule has 0 aromatic carbocycles. The van der Waals surface area contributed by atoms with E-state index in [4.69, 9.17) is 9.47 Å². The molecule has 0 aromatic rings. The number of ether oxygens (including phenoxy) is 2. The molecule has 2 atom stereocenters. The summed E-state index contributed by atoms with van der Waals surface area (Å²) < 4.78 is 11.4. The maximum atomic E-state index is 5.99. The highest BCUT2D eigenvalue weighted by Gasteiger charge is 2.48. The van der Waals surface area contributed by atoms with E-state index >= 15 is 0 Å². The SMILES string of the molecule is CCNC1CC(OCCC(C)(C)OC)C1(C)C. The molecule has 0 amide bonds. The lowest BCUT2D eigenvalue weighted by Gasteiger charge is -2.52. The van der Waals surface area contributed by atoms with Crippen molar-refractivity contribution in [2.75, 3.05) is 20.3 Å². The van der Waals surface area contributed by atoms with Crippen molar-refractivity contribution in [2.24, 2.45) is 5.41 Å². The van der Waals surface area contributed by atoms with Gasteiger partial charge in [0.15, 0.2) is 0 Å². The first-order chi connectivity index (χ1) is 7.83. The third kappa shape index (κ3) is 3.67. The van der Waals surface area contributed by atoms with Crippen LogP contribution in [0.4, 0.5) is 0 Å². The summed E-state index contributed by atoms with van der Waals surface area (Å²) in [4.78, 5) is 0. The molecule has 1 N–H and O–H groups in total. The largest absolute Gasteiger partial charge is 0.379 e. The molecule has 1 aliphatic rings. The lowest BCUT2D eigenvalue weighted by molar-refractivity contribution is -0.128. The van der Waals surface area contributed by atoms with Crippen LogP contribution in [0.25, 0.3) is 0 Å². The predicted octanol–water partition coefficient (Wildman–Crippen LogP) is 2.59. The van der Waals surface area contributed by atoms with E-state index in [0.29, 0.717) is 12.1 Å². The molecule has 17 heavy (non-hydrogen) atoms. The van der Waals surface area contributed by atoms with Crippen LogP contribution in [0.15, 0.2) is 0 Å². The van der Waals surface area contributed by atoms with Crippen LogP contribution in [-0.2, 0) is 9.47 Å². The number of nitrogens with one attached hydrogen (secondary N) is 1. The molecule has 0 heterocycles. The topological polar surface area (TPSA) is 30.5 Å². The van der Waals surface area contributed by atoms with Crippen LogP contribution < -0.4 is 5.32 Å². The van der Waals surface area contributed by atoms with E-state index in [1.807, 2.05) is 0 Å². The van der Waals surface area contributed by atoms with Crippen LogP contribution in [0, 0.1) is 5.41 Å². The summed E-state index contributed by atoms with van der Waals surface area (Å²) in [5, 5.41) is 3.52. The Kier molecular flexibility index (Phi) is 4.99. The van der Waals surface area contributed by atoms with E-state index in [0.717, 1.165) is 26.0 Å². The summed E-state index contributed by atoms with van der Waals surface area (Å²) in [6, 6.07) is 0.605. The molecule has 0 radical (unpaired) electrons. The van der Waals surface area contributed by atoms with Gasteiger partial charge in [-0.1, -0.05) is 20.8 Å². The first kappa shape index (κ1) is 14.9. The zero-order valence-corrected chi connectivity index (χ0v) is 12.3. The molecule has 1 fully saturated rings. The first-order valence-electron chi connectivity index (χ1n) is 6.73. The van der Waals surface area contributed by atoms with Crippen LogP contribution >= 0.6 is 0 Å². The zero-order chi connectivity index (χ0) is 13.1. The Morgan fingerprint density at radius 1 is 1.35 bits per heavy atom. The van der Waals surface area contributed by atoms with E-state index in [1.54, 1.807) is 7.11 Å². The lowest BCUT2D eigenvalue weighted by Crippen LogP contribution is -2.61. The van der Waals surface area contributed by atoms with E-state index in [1.165, 1.54) is 0 Å². The van der Waals surface area contributed by atoms with Gasteiger partial charge in [0.1, 0.15) is 0 Å². The molecular formula is C14H29NO2. The summed E-state index contributed by atoms with van der Waals surface area (Å²) in [5.41, 5.74) is 0.183. The van der Waals surface area contributed by atoms with Crippen molar-refractivity contribution >= 4 is 0 Å². The Bertz CT molecular complexity index is 238. The monoisotopic (exact) mass is 243 g/mol. The maximum Gasteiger partial charge on any atom is 0.0655 e. The zero-order valence-electron chi connectivity index (χ0n) is 12.3. The molecular weight excluding hydrogens is 214 g/mol. The molecule has 1 rings (SSSR count). The van der Waals surface area contributed by atoms with E-state index in [-0.39, 0.29) is 11.0 Å². The quantitative estimate of drug-likeness (QED) is 0.745. The summed E-state index contributed by atoms with van der Waals surface area (Å²) in [6.45, 7) is 12.8. The average Bonchev–Trinajstić information content (AvgIpc) is 2.27. The van der Waals surface area contributed by atoms with Crippen LogP contribution in [0.5, 0.6) is 0 Å². The minimum absolute atomic E-state index is 0.0744. The average molecular weight is 243 g/mol. The van der Waals surface area contributed by atoms with Crippen molar-refractivity contribution < 1.29 is 9.47 Å². The minimum atomic E-state index is -0.0744. The normalized spacial score (nSPS) is 27.9. The molecule has 0 aromatic heterocycles. The fraction of sp³-hybridized carbons (Fsp3) is 1.00. The van der Waals surface area contributed by atoms with Crippen molar-refractivity contribution in [1.29, 1.82) is 0 Å². The standard InChI is InChI=1S/C14H29NO2/c1-7-15-11-10-12(14(11,4)5)17-9-8-13(2,3)16-6/h11-12,15H,7-10H2,1-6H3. The van der Waals surface area contributed by atoms with Gasteiger partial charge in [0.2, 0.25) is 0 Å². The predicted molar refractivity (Wildman–Crippen MR) is 71.3 cm³/mol. The summed E-state index contributed by atoms with van der Waals surface area (Å²) >= 11 is 0. The van der Waals surface area contributed by atoms with Crippen LogP contribution in [0.2, 0.25) is 0 Å². The summed E-state index contributed by atoms with van der Waals surface area (Å²) in [7, 11) is 1.76. The van der Waals surface area contributed by atoms with Gasteiger partial charge in [-0.2, -0.15) is 0 Å². The van der Waals surface area contributed by atoms with Gasteiger partial charge in [0, 0.05) is 25.2 Å². The van der Waals surface area contributed by atoms with Gasteiger partial charge >= 0.3 is 0 Å². The Hall–Kier alpha value is -0.120. The van der Waals surface area contributed by atoms with Crippen molar-refractivity contribution in [3.05, 3.63) is 0 Å². The number of hydrogen-bond acceptors (Lipinski definition) is 3. The van der Waals surface area contributed by atoms with Gasteiger partial charge in [-0.05, 0) is 33.2 Å². The lowest BCUT2D eigenvalue weighted by atomic mass is 9.64. The first-order valence-corrected chi connectivity index (χ1v) is 6.73. The van der Waals surface area contributed by atoms with Crippen LogP contribution in [0.3, 0.4) is 0 Å². The third-order valence-corrected chi connectivity index (χ3v) is 4.20. The molecule has 0 spiro atoms. The molecule has 102 valence electrons. The van der Waals surface area contributed by atoms with Gasteiger partial charge in [-0.15, -0.1) is 0 Å². The summed E-state index contributed by atoms with van der Waals surface area (Å²) in [5.74, 6) is 0. The molecule has 0 saturated heterocycles. The van der Waals surface area contributed by atoms with E-state index < -0.39 is 0 Å². The Labute approximate surface area is 106 Å². The van der Waals surface area contributed by atoms with Gasteiger partial charge in [0.05, 0.1) is 11.7 Å². The van der Waals surface area contributed by atoms with Crippen molar-refractivity contribution in [3.8, 4) is 0 Å². The molecule has 1 saturated carbocycles. The van der Waals surface area contributed by atoms with E-state index in [2.05, 4.69) is 39.9 Å². The molecule has 3 heteroatoms. The third-order valence-electron chi connectivity index (χ3n) is 4.20. The highest BCUT2D eigenvalue weighted by atomic mass is 16.5. The Morgan fingerprint density at radius 3 is 2.47 bits per heavy atom. The molecule has 2 unspecified atom stereocenters. The Balaban J connectivity index is 2.27. The number of rotatable bonds is 7. The van der Waals surface area contributed by atoms with E-state index in [9.17, 15) is 0 Å². The van der Waals surface area contributed by atoms with Gasteiger partial charge in [0.25, 0.3) is 0 Å². The van der Waals surface area contributed by atoms with Crippen LogP contribution in [0.1, 0.15) is 47.5 Å². The molecule has 1 aliphatic carbocycles. The number of hydrogen-bond donors (Lipinski definition) is 1. The number of methoxy groups -OCH3 is 1. The molecule has 0 bridgehead atoms. The van der Waals surface area contributed by atoms with Crippen molar-refractivity contribution in [1.82, 2.24) is 5.32 Å². The second-order valence-corrected chi connectivity index (χ2v) is 6.24. The fourth-order valence-electron chi connectivity index (χ4n) is 2.31. The van der Waals surface area contributed by atoms with Crippen LogP contribution in [-0.4, -0.2) is 38.0 Å². The summed E-state index contributed by atoms with van der Waals surface area (Å²) in [6.07, 6.45) is 2.47.